The van der Waals surface area contributed by atoms with E-state index in [1.807, 2.05) is 28.3 Å². The van der Waals surface area contributed by atoms with Gasteiger partial charge in [0.15, 0.2) is 0 Å². The highest BCUT2D eigenvalue weighted by atomic mass is 32.1. The quantitative estimate of drug-likeness (QED) is 0.818. The summed E-state index contributed by atoms with van der Waals surface area (Å²) in [6, 6.07) is 3.80. The van der Waals surface area contributed by atoms with Crippen molar-refractivity contribution >= 4 is 23.2 Å². The molecular weight excluding hydrogens is 312 g/mol. The van der Waals surface area contributed by atoms with E-state index in [2.05, 4.69) is 10.3 Å². The van der Waals surface area contributed by atoms with E-state index in [0.29, 0.717) is 6.54 Å². The Morgan fingerprint density at radius 3 is 3.09 bits per heavy atom. The first kappa shape index (κ1) is 15.7. The van der Waals surface area contributed by atoms with Crippen LogP contribution in [0.25, 0.3) is 0 Å². The molecule has 122 valence electrons. The molecule has 0 saturated carbocycles. The molecule has 0 aromatic carbocycles. The topological polar surface area (TPSA) is 67.2 Å². The lowest BCUT2D eigenvalue weighted by atomic mass is 9.98. The largest absolute Gasteiger partial charge is 0.356 e. The Kier molecular flexibility index (Phi) is 4.76. The molecular formula is C16H20N4O2S. The maximum atomic E-state index is 12.5. The van der Waals surface area contributed by atoms with Gasteiger partial charge in [-0.3, -0.25) is 9.59 Å². The van der Waals surface area contributed by atoms with E-state index in [4.69, 9.17) is 0 Å². The Morgan fingerprint density at radius 2 is 2.39 bits per heavy atom. The number of amides is 2. The zero-order valence-corrected chi connectivity index (χ0v) is 13.8. The van der Waals surface area contributed by atoms with Crippen molar-refractivity contribution in [2.45, 2.75) is 25.4 Å². The molecule has 0 spiro atoms. The lowest BCUT2D eigenvalue weighted by molar-refractivity contribution is -0.128. The van der Waals surface area contributed by atoms with E-state index in [-0.39, 0.29) is 30.2 Å². The molecule has 1 N–H and O–H groups in total. The van der Waals surface area contributed by atoms with Crippen molar-refractivity contribution in [3.63, 3.8) is 0 Å². The van der Waals surface area contributed by atoms with Crippen LogP contribution in [0.3, 0.4) is 0 Å². The second-order valence-electron chi connectivity index (χ2n) is 5.72. The van der Waals surface area contributed by atoms with Gasteiger partial charge in [0.05, 0.1) is 18.3 Å². The number of rotatable bonds is 6. The predicted octanol–water partition coefficient (Wildman–Crippen LogP) is 1.67. The fraction of sp³-hybridized carbons (Fsp3) is 0.438. The van der Waals surface area contributed by atoms with Crippen LogP contribution in [-0.2, 0) is 16.1 Å². The van der Waals surface area contributed by atoms with Gasteiger partial charge < -0.3 is 14.8 Å². The van der Waals surface area contributed by atoms with Crippen molar-refractivity contribution in [1.29, 1.82) is 0 Å². The van der Waals surface area contributed by atoms with Crippen LogP contribution in [0.4, 0.5) is 0 Å². The van der Waals surface area contributed by atoms with Gasteiger partial charge in [0.1, 0.15) is 0 Å². The van der Waals surface area contributed by atoms with E-state index in [9.17, 15) is 9.59 Å². The highest BCUT2D eigenvalue weighted by Crippen LogP contribution is 2.38. The summed E-state index contributed by atoms with van der Waals surface area (Å²) in [5, 5.41) is 4.95. The molecule has 7 heteroatoms. The number of hydrogen-bond acceptors (Lipinski definition) is 4. The molecule has 0 bridgehead atoms. The second-order valence-corrected chi connectivity index (χ2v) is 6.70. The van der Waals surface area contributed by atoms with Crippen molar-refractivity contribution in [1.82, 2.24) is 19.8 Å². The average Bonchev–Trinajstić information content (AvgIpc) is 3.27. The van der Waals surface area contributed by atoms with Crippen molar-refractivity contribution in [3.05, 3.63) is 41.1 Å². The number of nitrogens with zero attached hydrogens (tertiary/aromatic N) is 3. The average molecular weight is 332 g/mol. The maximum absolute atomic E-state index is 12.5. The second kappa shape index (κ2) is 6.95. The predicted molar refractivity (Wildman–Crippen MR) is 87.8 cm³/mol. The first-order valence-electron chi connectivity index (χ1n) is 7.69. The van der Waals surface area contributed by atoms with Gasteiger partial charge in [-0.1, -0.05) is 6.07 Å². The molecule has 2 unspecified atom stereocenters. The van der Waals surface area contributed by atoms with E-state index in [1.54, 1.807) is 35.8 Å². The molecule has 3 heterocycles. The number of imidazole rings is 1. The SMILES string of the molecule is CN1C(=O)CC(C(=O)NCCCn2ccnc2)C1c1cccs1. The highest BCUT2D eigenvalue weighted by Gasteiger charge is 2.42. The Balaban J connectivity index is 1.56. The van der Waals surface area contributed by atoms with Crippen LogP contribution in [0.1, 0.15) is 23.8 Å². The van der Waals surface area contributed by atoms with Gasteiger partial charge in [-0.05, 0) is 17.9 Å². The fourth-order valence-corrected chi connectivity index (χ4v) is 3.91. The first-order valence-corrected chi connectivity index (χ1v) is 8.57. The summed E-state index contributed by atoms with van der Waals surface area (Å²) < 4.78 is 1.98. The van der Waals surface area contributed by atoms with Crippen molar-refractivity contribution in [2.24, 2.45) is 5.92 Å². The smallest absolute Gasteiger partial charge is 0.226 e. The molecule has 0 aliphatic carbocycles. The summed E-state index contributed by atoms with van der Waals surface area (Å²) in [6.45, 7) is 1.42. The Bertz CT molecular complexity index is 654. The van der Waals surface area contributed by atoms with Gasteiger partial charge in [-0.2, -0.15) is 0 Å². The van der Waals surface area contributed by atoms with Gasteiger partial charge in [-0.15, -0.1) is 11.3 Å². The molecule has 2 aromatic rings. The molecule has 3 rings (SSSR count). The number of nitrogens with one attached hydrogen (secondary N) is 1. The zero-order valence-electron chi connectivity index (χ0n) is 13.0. The summed E-state index contributed by atoms with van der Waals surface area (Å²) in [5.41, 5.74) is 0. The number of thiophene rings is 1. The summed E-state index contributed by atoms with van der Waals surface area (Å²) in [4.78, 5) is 31.3. The lowest BCUT2D eigenvalue weighted by Gasteiger charge is -2.23. The van der Waals surface area contributed by atoms with Gasteiger partial charge in [0.25, 0.3) is 0 Å². The number of aromatic nitrogens is 2. The van der Waals surface area contributed by atoms with Crippen LogP contribution in [0.15, 0.2) is 36.2 Å². The molecule has 0 radical (unpaired) electrons. The monoisotopic (exact) mass is 332 g/mol. The molecule has 1 fully saturated rings. The van der Waals surface area contributed by atoms with Crippen LogP contribution in [-0.4, -0.2) is 39.9 Å². The van der Waals surface area contributed by atoms with Crippen LogP contribution in [0.2, 0.25) is 0 Å². The molecule has 2 amide bonds. The van der Waals surface area contributed by atoms with Gasteiger partial charge in [-0.25, -0.2) is 4.98 Å². The van der Waals surface area contributed by atoms with Crippen molar-refractivity contribution in [3.8, 4) is 0 Å². The van der Waals surface area contributed by atoms with Gasteiger partial charge in [0.2, 0.25) is 11.8 Å². The summed E-state index contributed by atoms with van der Waals surface area (Å²) >= 11 is 1.59. The fourth-order valence-electron chi connectivity index (χ4n) is 2.98. The summed E-state index contributed by atoms with van der Waals surface area (Å²) in [7, 11) is 1.78. The minimum absolute atomic E-state index is 0.0296. The normalized spacial score (nSPS) is 20.9. The van der Waals surface area contributed by atoms with Crippen molar-refractivity contribution in [2.75, 3.05) is 13.6 Å². The van der Waals surface area contributed by atoms with E-state index in [0.717, 1.165) is 17.8 Å². The highest BCUT2D eigenvalue weighted by molar-refractivity contribution is 7.10. The Labute approximate surface area is 139 Å². The first-order chi connectivity index (χ1) is 11.2. The Morgan fingerprint density at radius 1 is 1.52 bits per heavy atom. The van der Waals surface area contributed by atoms with Crippen LogP contribution < -0.4 is 5.32 Å². The number of hydrogen-bond donors (Lipinski definition) is 1. The van der Waals surface area contributed by atoms with E-state index < -0.39 is 0 Å². The minimum Gasteiger partial charge on any atom is -0.356 e. The third kappa shape index (κ3) is 3.44. The Hall–Kier alpha value is -2.15. The van der Waals surface area contributed by atoms with Gasteiger partial charge in [0, 0.05) is 43.8 Å². The van der Waals surface area contributed by atoms with E-state index in [1.165, 1.54) is 0 Å². The minimum atomic E-state index is -0.306. The number of carbonyl (C=O) groups is 2. The molecule has 1 saturated heterocycles. The third-order valence-electron chi connectivity index (χ3n) is 4.21. The van der Waals surface area contributed by atoms with Gasteiger partial charge >= 0.3 is 0 Å². The summed E-state index contributed by atoms with van der Waals surface area (Å²) in [6.07, 6.45) is 6.53. The molecule has 1 aliphatic heterocycles. The van der Waals surface area contributed by atoms with Crippen LogP contribution in [0, 0.1) is 5.92 Å². The van der Waals surface area contributed by atoms with Crippen LogP contribution >= 0.6 is 11.3 Å². The molecule has 23 heavy (non-hydrogen) atoms. The molecule has 6 nitrogen and oxygen atoms in total. The number of carbonyl (C=O) groups excluding carboxylic acids is 2. The maximum Gasteiger partial charge on any atom is 0.226 e. The van der Waals surface area contributed by atoms with E-state index >= 15 is 0 Å². The standard InChI is InChI=1S/C16H20N4O2S/c1-19-14(21)10-12(15(19)13-4-2-9-23-13)16(22)18-5-3-7-20-8-6-17-11-20/h2,4,6,8-9,11-12,15H,3,5,7,10H2,1H3,(H,18,22). The molecule has 2 atom stereocenters. The van der Waals surface area contributed by atoms with Crippen LogP contribution in [0.5, 0.6) is 0 Å². The number of aryl methyl sites for hydroxylation is 1. The summed E-state index contributed by atoms with van der Waals surface area (Å²) in [5.74, 6) is -0.312. The van der Waals surface area contributed by atoms with Crippen molar-refractivity contribution < 1.29 is 9.59 Å². The number of likely N-dealkylation sites (tertiary alicyclic amines) is 1. The third-order valence-corrected chi connectivity index (χ3v) is 5.15. The molecule has 1 aliphatic rings. The molecule has 2 aromatic heterocycles. The zero-order chi connectivity index (χ0) is 16.2. The lowest BCUT2D eigenvalue weighted by Crippen LogP contribution is -2.35.